The largest absolute Gasteiger partial charge is 0.341 e. The van der Waals surface area contributed by atoms with Crippen molar-refractivity contribution in [3.05, 3.63) is 20.8 Å². The van der Waals surface area contributed by atoms with Crippen LogP contribution in [0.25, 0.3) is 0 Å². The third-order valence-corrected chi connectivity index (χ3v) is 4.43. The van der Waals surface area contributed by atoms with Crippen LogP contribution in [0.2, 0.25) is 0 Å². The van der Waals surface area contributed by atoms with Crippen LogP contribution in [0.15, 0.2) is 15.9 Å². The SMILES string of the molecule is CN(CCCCCBr)C(=O)c1ccc(Br)s1. The molecule has 0 saturated carbocycles. The Morgan fingerprint density at radius 3 is 2.69 bits per heavy atom. The second kappa shape index (κ2) is 7.45. The van der Waals surface area contributed by atoms with Gasteiger partial charge in [0.1, 0.15) is 0 Å². The zero-order valence-electron chi connectivity index (χ0n) is 9.21. The molecule has 0 spiro atoms. The number of thiophene rings is 1. The zero-order valence-corrected chi connectivity index (χ0v) is 13.2. The highest BCUT2D eigenvalue weighted by atomic mass is 79.9. The lowest BCUT2D eigenvalue weighted by Crippen LogP contribution is -2.26. The van der Waals surface area contributed by atoms with E-state index in [1.165, 1.54) is 17.8 Å². The molecule has 0 aromatic carbocycles. The van der Waals surface area contributed by atoms with Crippen molar-refractivity contribution >= 4 is 49.1 Å². The molecule has 0 saturated heterocycles. The van der Waals surface area contributed by atoms with Gasteiger partial charge >= 0.3 is 0 Å². The van der Waals surface area contributed by atoms with Crippen molar-refractivity contribution < 1.29 is 4.79 Å². The van der Waals surface area contributed by atoms with Gasteiger partial charge in [0, 0.05) is 18.9 Å². The van der Waals surface area contributed by atoms with Crippen molar-refractivity contribution in [3.63, 3.8) is 0 Å². The standard InChI is InChI=1S/C11H15Br2NOS/c1-14(8-4-2-3-7-12)11(15)9-5-6-10(13)16-9/h5-6H,2-4,7-8H2,1H3. The van der Waals surface area contributed by atoms with Crippen molar-refractivity contribution in [1.29, 1.82) is 0 Å². The van der Waals surface area contributed by atoms with E-state index in [1.807, 2.05) is 19.2 Å². The molecule has 0 aliphatic heterocycles. The molecule has 0 N–H and O–H groups in total. The predicted molar refractivity (Wildman–Crippen MR) is 76.6 cm³/mol. The van der Waals surface area contributed by atoms with Gasteiger partial charge in [0.25, 0.3) is 5.91 Å². The first-order chi connectivity index (χ1) is 7.65. The Labute approximate surface area is 117 Å². The molecule has 0 aliphatic carbocycles. The van der Waals surface area contributed by atoms with E-state index in [0.717, 1.165) is 33.4 Å². The maximum Gasteiger partial charge on any atom is 0.263 e. The minimum Gasteiger partial charge on any atom is -0.341 e. The van der Waals surface area contributed by atoms with Crippen LogP contribution >= 0.6 is 43.2 Å². The fourth-order valence-corrected chi connectivity index (χ4v) is 3.12. The van der Waals surface area contributed by atoms with Gasteiger partial charge in [-0.1, -0.05) is 22.4 Å². The average Bonchev–Trinajstić information content (AvgIpc) is 2.70. The van der Waals surface area contributed by atoms with E-state index in [4.69, 9.17) is 0 Å². The van der Waals surface area contributed by atoms with Crippen molar-refractivity contribution in [3.8, 4) is 0 Å². The predicted octanol–water partition coefficient (Wildman–Crippen LogP) is 4.15. The van der Waals surface area contributed by atoms with E-state index in [-0.39, 0.29) is 5.91 Å². The summed E-state index contributed by atoms with van der Waals surface area (Å²) in [4.78, 5) is 14.5. The summed E-state index contributed by atoms with van der Waals surface area (Å²) in [6.45, 7) is 0.835. The number of alkyl halides is 1. The third kappa shape index (κ3) is 4.55. The van der Waals surface area contributed by atoms with E-state index in [2.05, 4.69) is 31.9 Å². The highest BCUT2D eigenvalue weighted by molar-refractivity contribution is 9.11. The molecule has 1 rings (SSSR count). The summed E-state index contributed by atoms with van der Waals surface area (Å²) in [6.07, 6.45) is 3.41. The molecule has 0 aliphatic rings. The first-order valence-electron chi connectivity index (χ1n) is 5.22. The number of nitrogens with zero attached hydrogens (tertiary/aromatic N) is 1. The molecule has 1 aromatic heterocycles. The van der Waals surface area contributed by atoms with Crippen LogP contribution in [0.3, 0.4) is 0 Å². The Hall–Kier alpha value is 0.130. The van der Waals surface area contributed by atoms with Crippen molar-refractivity contribution in [2.45, 2.75) is 19.3 Å². The molecule has 0 radical (unpaired) electrons. The summed E-state index contributed by atoms with van der Waals surface area (Å²) < 4.78 is 1.00. The van der Waals surface area contributed by atoms with Crippen molar-refractivity contribution in [1.82, 2.24) is 4.90 Å². The smallest absolute Gasteiger partial charge is 0.263 e. The Kier molecular flexibility index (Phi) is 6.61. The summed E-state index contributed by atoms with van der Waals surface area (Å²) in [5, 5.41) is 1.04. The van der Waals surface area contributed by atoms with Gasteiger partial charge in [0.15, 0.2) is 0 Å². The maximum absolute atomic E-state index is 11.9. The van der Waals surface area contributed by atoms with Gasteiger partial charge in [-0.3, -0.25) is 4.79 Å². The van der Waals surface area contributed by atoms with E-state index in [0.29, 0.717) is 0 Å². The summed E-state index contributed by atoms with van der Waals surface area (Å²) in [5.74, 6) is 0.120. The molecule has 0 atom stereocenters. The van der Waals surface area contributed by atoms with Gasteiger partial charge in [-0.2, -0.15) is 0 Å². The summed E-state index contributed by atoms with van der Waals surface area (Å²) in [7, 11) is 1.87. The molecule has 1 heterocycles. The Morgan fingerprint density at radius 1 is 1.38 bits per heavy atom. The second-order valence-corrected chi connectivity index (χ2v) is 6.84. The fourth-order valence-electron chi connectivity index (χ4n) is 1.34. The molecular formula is C11H15Br2NOS. The molecule has 0 bridgehead atoms. The van der Waals surface area contributed by atoms with Gasteiger partial charge in [-0.15, -0.1) is 11.3 Å². The number of carbonyl (C=O) groups is 1. The number of hydrogen-bond donors (Lipinski definition) is 0. The Morgan fingerprint density at radius 2 is 2.12 bits per heavy atom. The first kappa shape index (κ1) is 14.2. The zero-order chi connectivity index (χ0) is 12.0. The minimum absolute atomic E-state index is 0.120. The third-order valence-electron chi connectivity index (χ3n) is 2.26. The number of halogens is 2. The minimum atomic E-state index is 0.120. The Balaban J connectivity index is 2.36. The van der Waals surface area contributed by atoms with Crippen LogP contribution in [-0.4, -0.2) is 29.7 Å². The highest BCUT2D eigenvalue weighted by Crippen LogP contribution is 2.23. The molecule has 5 heteroatoms. The van der Waals surface area contributed by atoms with Crippen molar-refractivity contribution in [2.24, 2.45) is 0 Å². The highest BCUT2D eigenvalue weighted by Gasteiger charge is 2.12. The van der Waals surface area contributed by atoms with Crippen LogP contribution in [-0.2, 0) is 0 Å². The van der Waals surface area contributed by atoms with Gasteiger partial charge in [0.05, 0.1) is 8.66 Å². The number of rotatable bonds is 6. The fraction of sp³-hybridized carbons (Fsp3) is 0.545. The quantitative estimate of drug-likeness (QED) is 0.545. The van der Waals surface area contributed by atoms with Gasteiger partial charge in [0.2, 0.25) is 0 Å². The number of amides is 1. The molecule has 1 amide bonds. The van der Waals surface area contributed by atoms with Gasteiger partial charge in [-0.25, -0.2) is 0 Å². The van der Waals surface area contributed by atoms with Crippen LogP contribution in [0.4, 0.5) is 0 Å². The molecule has 90 valence electrons. The molecule has 2 nitrogen and oxygen atoms in total. The lowest BCUT2D eigenvalue weighted by Gasteiger charge is -2.15. The summed E-state index contributed by atoms with van der Waals surface area (Å²) in [6, 6.07) is 3.78. The summed E-state index contributed by atoms with van der Waals surface area (Å²) >= 11 is 8.25. The number of unbranched alkanes of at least 4 members (excludes halogenated alkanes) is 2. The molecular weight excluding hydrogens is 354 g/mol. The van der Waals surface area contributed by atoms with Crippen LogP contribution in [0.1, 0.15) is 28.9 Å². The van der Waals surface area contributed by atoms with E-state index >= 15 is 0 Å². The van der Waals surface area contributed by atoms with E-state index < -0.39 is 0 Å². The normalized spacial score (nSPS) is 10.4. The monoisotopic (exact) mass is 367 g/mol. The average molecular weight is 369 g/mol. The molecule has 16 heavy (non-hydrogen) atoms. The Bertz CT molecular complexity index is 340. The lowest BCUT2D eigenvalue weighted by molar-refractivity contribution is 0.0797. The van der Waals surface area contributed by atoms with E-state index in [9.17, 15) is 4.79 Å². The van der Waals surface area contributed by atoms with Crippen LogP contribution in [0.5, 0.6) is 0 Å². The molecule has 0 unspecified atom stereocenters. The van der Waals surface area contributed by atoms with Gasteiger partial charge < -0.3 is 4.90 Å². The maximum atomic E-state index is 11.9. The molecule has 1 aromatic rings. The van der Waals surface area contributed by atoms with Crippen LogP contribution < -0.4 is 0 Å². The lowest BCUT2D eigenvalue weighted by atomic mass is 10.2. The number of carbonyl (C=O) groups excluding carboxylic acids is 1. The number of hydrogen-bond acceptors (Lipinski definition) is 2. The van der Waals surface area contributed by atoms with Gasteiger partial charge in [-0.05, 0) is 40.9 Å². The second-order valence-electron chi connectivity index (χ2n) is 3.58. The van der Waals surface area contributed by atoms with Crippen LogP contribution in [0, 0.1) is 0 Å². The summed E-state index contributed by atoms with van der Waals surface area (Å²) in [5.41, 5.74) is 0. The topological polar surface area (TPSA) is 20.3 Å². The molecule has 0 fully saturated rings. The van der Waals surface area contributed by atoms with E-state index in [1.54, 1.807) is 4.90 Å². The van der Waals surface area contributed by atoms with Crippen molar-refractivity contribution in [2.75, 3.05) is 18.9 Å². The first-order valence-corrected chi connectivity index (χ1v) is 7.95.